The summed E-state index contributed by atoms with van der Waals surface area (Å²) in [5.74, 6) is -0.193. The number of fused-ring (bicyclic) bond motifs is 1. The van der Waals surface area contributed by atoms with Gasteiger partial charge in [0.2, 0.25) is 0 Å². The van der Waals surface area contributed by atoms with E-state index in [2.05, 4.69) is 5.32 Å². The molecule has 0 spiro atoms. The molecule has 1 aromatic heterocycles. The van der Waals surface area contributed by atoms with E-state index in [4.69, 9.17) is 23.2 Å². The van der Waals surface area contributed by atoms with Crippen molar-refractivity contribution in [1.82, 2.24) is 5.32 Å². The first-order valence-corrected chi connectivity index (χ1v) is 8.89. The second-order valence-electron chi connectivity index (χ2n) is 5.91. The molecule has 2 N–H and O–H groups in total. The van der Waals surface area contributed by atoms with Crippen LogP contribution in [0.25, 0.3) is 10.1 Å². The molecule has 3 rings (SSSR count). The van der Waals surface area contributed by atoms with Gasteiger partial charge in [0, 0.05) is 22.0 Å². The first-order chi connectivity index (χ1) is 10.6. The highest BCUT2D eigenvalue weighted by Gasteiger charge is 2.34. The molecule has 1 fully saturated rings. The van der Waals surface area contributed by atoms with Crippen LogP contribution in [0.4, 0.5) is 0 Å². The topological polar surface area (TPSA) is 49.3 Å². The van der Waals surface area contributed by atoms with Crippen molar-refractivity contribution in [2.75, 3.05) is 13.2 Å². The summed E-state index contributed by atoms with van der Waals surface area (Å²) < 4.78 is 0.903. The number of benzene rings is 1. The van der Waals surface area contributed by atoms with Crippen molar-refractivity contribution < 1.29 is 9.90 Å². The Morgan fingerprint density at radius 1 is 1.32 bits per heavy atom. The third kappa shape index (κ3) is 2.85. The van der Waals surface area contributed by atoms with Gasteiger partial charge in [0.15, 0.2) is 0 Å². The van der Waals surface area contributed by atoms with Gasteiger partial charge < -0.3 is 10.4 Å². The standard InChI is InChI=1S/C16H17Cl2NO2S/c17-10-4-3-5-11-12(10)13(18)14(22-11)15(21)19-8-16(9-20)6-1-2-7-16/h3-5,20H,1-2,6-9H2,(H,19,21). The number of hydrogen-bond donors (Lipinski definition) is 2. The average Bonchev–Trinajstić information content (AvgIpc) is 3.11. The Hall–Kier alpha value is -0.810. The lowest BCUT2D eigenvalue weighted by Gasteiger charge is -2.26. The molecular weight excluding hydrogens is 341 g/mol. The summed E-state index contributed by atoms with van der Waals surface area (Å²) >= 11 is 13.8. The summed E-state index contributed by atoms with van der Waals surface area (Å²) in [5, 5.41) is 14.3. The molecule has 3 nitrogen and oxygen atoms in total. The molecule has 1 heterocycles. The van der Waals surface area contributed by atoms with Crippen LogP contribution in [-0.2, 0) is 0 Å². The van der Waals surface area contributed by atoms with Crippen molar-refractivity contribution in [3.63, 3.8) is 0 Å². The number of nitrogens with one attached hydrogen (secondary N) is 1. The first kappa shape index (κ1) is 16.1. The van der Waals surface area contributed by atoms with Gasteiger partial charge in [-0.2, -0.15) is 0 Å². The summed E-state index contributed by atoms with van der Waals surface area (Å²) in [7, 11) is 0. The molecule has 22 heavy (non-hydrogen) atoms. The van der Waals surface area contributed by atoms with Crippen LogP contribution in [0.2, 0.25) is 10.0 Å². The third-order valence-electron chi connectivity index (χ3n) is 4.44. The Labute approximate surface area is 143 Å². The molecule has 2 aromatic rings. The number of carbonyl (C=O) groups excluding carboxylic acids is 1. The predicted molar refractivity (Wildman–Crippen MR) is 92.2 cm³/mol. The van der Waals surface area contributed by atoms with Gasteiger partial charge >= 0.3 is 0 Å². The van der Waals surface area contributed by atoms with Crippen molar-refractivity contribution >= 4 is 50.5 Å². The van der Waals surface area contributed by atoms with Crippen molar-refractivity contribution in [2.45, 2.75) is 25.7 Å². The molecule has 0 radical (unpaired) electrons. The summed E-state index contributed by atoms with van der Waals surface area (Å²) in [6, 6.07) is 5.52. The molecule has 118 valence electrons. The number of thiophene rings is 1. The van der Waals surface area contributed by atoms with Gasteiger partial charge in [-0.3, -0.25) is 4.79 Å². The molecule has 0 atom stereocenters. The van der Waals surface area contributed by atoms with Crippen molar-refractivity contribution in [2.24, 2.45) is 5.41 Å². The maximum atomic E-state index is 12.5. The van der Waals surface area contributed by atoms with E-state index in [1.165, 1.54) is 11.3 Å². The number of rotatable bonds is 4. The molecule has 0 aliphatic heterocycles. The van der Waals surface area contributed by atoms with Crippen LogP contribution in [0.1, 0.15) is 35.4 Å². The zero-order chi connectivity index (χ0) is 15.7. The van der Waals surface area contributed by atoms with E-state index in [1.54, 1.807) is 6.07 Å². The lowest BCUT2D eigenvalue weighted by molar-refractivity contribution is 0.0884. The van der Waals surface area contributed by atoms with E-state index in [9.17, 15) is 9.90 Å². The largest absolute Gasteiger partial charge is 0.396 e. The maximum Gasteiger partial charge on any atom is 0.262 e. The maximum absolute atomic E-state index is 12.5. The van der Waals surface area contributed by atoms with Crippen LogP contribution in [0, 0.1) is 5.41 Å². The quantitative estimate of drug-likeness (QED) is 0.846. The fourth-order valence-corrected chi connectivity index (χ4v) is 4.95. The van der Waals surface area contributed by atoms with Crippen LogP contribution < -0.4 is 5.32 Å². The Bertz CT molecular complexity index is 707. The number of hydrogen-bond acceptors (Lipinski definition) is 3. The zero-order valence-corrected chi connectivity index (χ0v) is 14.3. The molecule has 1 aliphatic carbocycles. The van der Waals surface area contributed by atoms with Crippen LogP contribution in [0.3, 0.4) is 0 Å². The third-order valence-corrected chi connectivity index (χ3v) is 6.39. The van der Waals surface area contributed by atoms with E-state index >= 15 is 0 Å². The highest BCUT2D eigenvalue weighted by atomic mass is 35.5. The molecule has 1 aromatic carbocycles. The zero-order valence-electron chi connectivity index (χ0n) is 12.0. The number of carbonyl (C=O) groups is 1. The molecule has 0 saturated heterocycles. The van der Waals surface area contributed by atoms with Crippen LogP contribution in [0.15, 0.2) is 18.2 Å². The van der Waals surface area contributed by atoms with Gasteiger partial charge in [0.1, 0.15) is 4.88 Å². The number of halogens is 2. The van der Waals surface area contributed by atoms with Crippen molar-refractivity contribution in [3.05, 3.63) is 33.1 Å². The summed E-state index contributed by atoms with van der Waals surface area (Å²) in [4.78, 5) is 12.9. The SMILES string of the molecule is O=C(NCC1(CO)CCCC1)c1sc2cccc(Cl)c2c1Cl. The highest BCUT2D eigenvalue weighted by molar-refractivity contribution is 7.21. The average molecular weight is 358 g/mol. The Morgan fingerprint density at radius 2 is 2.05 bits per heavy atom. The molecular formula is C16H17Cl2NO2S. The minimum absolute atomic E-state index is 0.110. The second kappa shape index (κ2) is 6.36. The number of aliphatic hydroxyl groups excluding tert-OH is 1. The van der Waals surface area contributed by atoms with Crippen LogP contribution in [-0.4, -0.2) is 24.2 Å². The molecule has 0 unspecified atom stereocenters. The van der Waals surface area contributed by atoms with E-state index in [0.29, 0.717) is 21.5 Å². The van der Waals surface area contributed by atoms with E-state index in [0.717, 1.165) is 35.8 Å². The fraction of sp³-hybridized carbons (Fsp3) is 0.438. The van der Waals surface area contributed by atoms with Crippen molar-refractivity contribution in [1.29, 1.82) is 0 Å². The normalized spacial score (nSPS) is 17.0. The summed E-state index contributed by atoms with van der Waals surface area (Å²) in [5.41, 5.74) is -0.170. The number of amides is 1. The minimum atomic E-state index is -0.193. The lowest BCUT2D eigenvalue weighted by atomic mass is 9.87. The van der Waals surface area contributed by atoms with Gasteiger partial charge in [-0.1, -0.05) is 42.1 Å². The molecule has 6 heteroatoms. The minimum Gasteiger partial charge on any atom is -0.396 e. The predicted octanol–water partition coefficient (Wildman–Crippen LogP) is 4.49. The molecule has 0 bridgehead atoms. The van der Waals surface area contributed by atoms with Gasteiger partial charge in [-0.05, 0) is 25.0 Å². The van der Waals surface area contributed by atoms with Gasteiger partial charge in [0.05, 0.1) is 16.7 Å². The molecule has 1 aliphatic rings. The van der Waals surface area contributed by atoms with E-state index in [1.807, 2.05) is 12.1 Å². The van der Waals surface area contributed by atoms with Crippen molar-refractivity contribution in [3.8, 4) is 0 Å². The highest BCUT2D eigenvalue weighted by Crippen LogP contribution is 2.40. The summed E-state index contributed by atoms with van der Waals surface area (Å²) in [6.07, 6.45) is 4.12. The van der Waals surface area contributed by atoms with Gasteiger partial charge in [-0.25, -0.2) is 0 Å². The van der Waals surface area contributed by atoms with E-state index in [-0.39, 0.29) is 17.9 Å². The summed E-state index contributed by atoms with van der Waals surface area (Å²) in [6.45, 7) is 0.597. The van der Waals surface area contributed by atoms with Gasteiger partial charge in [0.25, 0.3) is 5.91 Å². The first-order valence-electron chi connectivity index (χ1n) is 7.32. The lowest BCUT2D eigenvalue weighted by Crippen LogP contribution is -2.38. The molecule has 1 saturated carbocycles. The monoisotopic (exact) mass is 357 g/mol. The number of aliphatic hydroxyl groups is 1. The fourth-order valence-electron chi connectivity index (χ4n) is 3.08. The Kier molecular flexibility index (Phi) is 4.64. The smallest absolute Gasteiger partial charge is 0.262 e. The Morgan fingerprint density at radius 3 is 2.68 bits per heavy atom. The Balaban J connectivity index is 1.81. The van der Waals surface area contributed by atoms with Crippen LogP contribution in [0.5, 0.6) is 0 Å². The van der Waals surface area contributed by atoms with Crippen LogP contribution >= 0.6 is 34.5 Å². The van der Waals surface area contributed by atoms with E-state index < -0.39 is 0 Å². The second-order valence-corrected chi connectivity index (χ2v) is 7.74. The molecule has 1 amide bonds. The van der Waals surface area contributed by atoms with Gasteiger partial charge in [-0.15, -0.1) is 11.3 Å².